The van der Waals surface area contributed by atoms with Crippen LogP contribution in [-0.4, -0.2) is 43.8 Å². The van der Waals surface area contributed by atoms with E-state index in [1.807, 2.05) is 0 Å². The molecule has 0 amide bonds. The molecule has 3 rings (SSSR count). The molecule has 2 aromatic rings. The molecule has 0 saturated heterocycles. The molecule has 14 heteroatoms. The lowest BCUT2D eigenvalue weighted by Gasteiger charge is -2.16. The molecule has 0 spiro atoms. The van der Waals surface area contributed by atoms with E-state index in [2.05, 4.69) is 20.1 Å². The van der Waals surface area contributed by atoms with Gasteiger partial charge in [0.05, 0.1) is 12.7 Å². The molecule has 0 unspecified atom stereocenters. The van der Waals surface area contributed by atoms with E-state index < -0.39 is 31.5 Å². The van der Waals surface area contributed by atoms with Crippen LogP contribution in [-0.2, 0) is 17.6 Å². The zero-order valence-corrected chi connectivity index (χ0v) is 20.5. The first kappa shape index (κ1) is 27.8. The number of hydrogen-bond donors (Lipinski definition) is 2. The molecule has 2 N–H and O–H groups in total. The summed E-state index contributed by atoms with van der Waals surface area (Å²) in [4.78, 5) is 13.5. The monoisotopic (exact) mass is 556 g/mol. The van der Waals surface area contributed by atoms with Gasteiger partial charge in [-0.1, -0.05) is 6.42 Å². The van der Waals surface area contributed by atoms with Crippen LogP contribution >= 0.6 is 23.6 Å². The maximum absolute atomic E-state index is 12.6. The van der Waals surface area contributed by atoms with Gasteiger partial charge in [0.1, 0.15) is 16.5 Å². The van der Waals surface area contributed by atoms with Crippen molar-refractivity contribution >= 4 is 45.3 Å². The van der Waals surface area contributed by atoms with Crippen LogP contribution in [0.5, 0.6) is 11.5 Å². The van der Waals surface area contributed by atoms with Crippen LogP contribution in [0.25, 0.3) is 0 Å². The minimum absolute atomic E-state index is 0.0158. The van der Waals surface area contributed by atoms with Gasteiger partial charge < -0.3 is 24.8 Å². The molecule has 0 bridgehead atoms. The predicted molar refractivity (Wildman–Crippen MR) is 126 cm³/mol. The third-order valence-corrected chi connectivity index (χ3v) is 6.39. The summed E-state index contributed by atoms with van der Waals surface area (Å²) in [5.74, 6) is -1.30. The number of ether oxygens (including phenoxy) is 3. The number of carbonyl (C=O) groups excluding carboxylic acids is 1. The van der Waals surface area contributed by atoms with Gasteiger partial charge in [0.25, 0.3) is 0 Å². The Morgan fingerprint density at radius 3 is 2.08 bits per heavy atom. The molecule has 1 heterocycles. The van der Waals surface area contributed by atoms with Crippen molar-refractivity contribution in [2.24, 2.45) is 0 Å². The van der Waals surface area contributed by atoms with Gasteiger partial charge in [-0.3, -0.25) is 0 Å². The number of hydrogen-bond acceptors (Lipinski definition) is 6. The maximum atomic E-state index is 12.6. The number of anilines is 2. The van der Waals surface area contributed by atoms with E-state index in [9.17, 15) is 31.1 Å². The average molecular weight is 557 g/mol. The Hall–Kier alpha value is -2.74. The van der Waals surface area contributed by atoms with Gasteiger partial charge in [0.2, 0.25) is 0 Å². The van der Waals surface area contributed by atoms with Gasteiger partial charge in [-0.05, 0) is 43.5 Å². The van der Waals surface area contributed by atoms with Crippen LogP contribution in [0.15, 0.2) is 18.2 Å². The second-order valence-corrected chi connectivity index (χ2v) is 9.35. The van der Waals surface area contributed by atoms with E-state index in [-0.39, 0.29) is 22.3 Å². The highest BCUT2D eigenvalue weighted by molar-refractivity contribution is 7.80. The molecule has 0 saturated carbocycles. The number of rotatable bonds is 7. The highest BCUT2D eigenvalue weighted by Gasteiger charge is 2.30. The third kappa shape index (κ3) is 8.15. The largest absolute Gasteiger partial charge is 0.484 e. The Morgan fingerprint density at radius 1 is 0.944 bits per heavy atom. The summed E-state index contributed by atoms with van der Waals surface area (Å²) in [6.07, 6.45) is -4.89. The summed E-state index contributed by atoms with van der Waals surface area (Å²) in [5.41, 5.74) is 1.27. The second-order valence-electron chi connectivity index (χ2n) is 7.84. The number of methoxy groups -OCH3 is 1. The van der Waals surface area contributed by atoms with Gasteiger partial charge in [0.15, 0.2) is 18.3 Å². The van der Waals surface area contributed by atoms with Gasteiger partial charge in [0, 0.05) is 28.8 Å². The molecule has 0 atom stereocenters. The Kier molecular flexibility index (Phi) is 8.93. The summed E-state index contributed by atoms with van der Waals surface area (Å²) < 4.78 is 89.7. The molecule has 0 fully saturated rings. The molecule has 1 aromatic carbocycles. The first-order chi connectivity index (χ1) is 16.8. The van der Waals surface area contributed by atoms with Crippen molar-refractivity contribution in [3.05, 3.63) is 34.2 Å². The molecular formula is C22H22F6N2O4S2. The predicted octanol–water partition coefficient (Wildman–Crippen LogP) is 6.49. The Morgan fingerprint density at radius 2 is 1.53 bits per heavy atom. The van der Waals surface area contributed by atoms with Crippen molar-refractivity contribution in [3.63, 3.8) is 0 Å². The van der Waals surface area contributed by atoms with Crippen molar-refractivity contribution in [3.8, 4) is 11.5 Å². The summed E-state index contributed by atoms with van der Waals surface area (Å²) in [6.45, 7) is -3.30. The number of carbonyl (C=O) groups is 1. The number of benzene rings is 1. The number of esters is 1. The van der Waals surface area contributed by atoms with Crippen LogP contribution < -0.4 is 20.1 Å². The SMILES string of the molecule is COC(=O)c1c(NC(=S)Nc2cc(OCC(F)(F)F)cc(OCC(F)(F)F)c2)sc2c1CCCCC2. The van der Waals surface area contributed by atoms with Crippen LogP contribution in [0.2, 0.25) is 0 Å². The number of alkyl halides is 6. The number of fused-ring (bicyclic) bond motifs is 1. The standard InChI is InChI=1S/C22H22F6N2O4S2/c1-32-19(31)17-15-5-3-2-4-6-16(15)36-18(17)30-20(35)29-12-7-13(33-10-21(23,24)25)9-14(8-12)34-11-22(26,27)28/h7-9H,2-6,10-11H2,1H3,(H2,29,30,35). The minimum Gasteiger partial charge on any atom is -0.484 e. The van der Waals surface area contributed by atoms with Crippen LogP contribution in [0.1, 0.15) is 40.1 Å². The zero-order valence-electron chi connectivity index (χ0n) is 18.9. The lowest BCUT2D eigenvalue weighted by molar-refractivity contribution is -0.153. The molecule has 198 valence electrons. The fourth-order valence-corrected chi connectivity index (χ4v) is 5.12. The highest BCUT2D eigenvalue weighted by Crippen LogP contribution is 2.38. The smallest absolute Gasteiger partial charge is 0.422 e. The third-order valence-electron chi connectivity index (χ3n) is 4.98. The average Bonchev–Trinajstić information content (AvgIpc) is 2.94. The molecule has 0 radical (unpaired) electrons. The van der Waals surface area contributed by atoms with Crippen LogP contribution in [0.4, 0.5) is 37.0 Å². The zero-order chi connectivity index (χ0) is 26.5. The van der Waals surface area contributed by atoms with E-state index >= 15 is 0 Å². The molecule has 0 aliphatic heterocycles. The lowest BCUT2D eigenvalue weighted by atomic mass is 10.1. The number of aryl methyl sites for hydroxylation is 1. The normalized spacial score (nSPS) is 13.9. The molecule has 1 aromatic heterocycles. The van der Waals surface area contributed by atoms with Gasteiger partial charge in [-0.15, -0.1) is 11.3 Å². The number of thiophene rings is 1. The van der Waals surface area contributed by atoms with E-state index in [0.29, 0.717) is 17.0 Å². The Balaban J connectivity index is 1.82. The van der Waals surface area contributed by atoms with Crippen LogP contribution in [0, 0.1) is 0 Å². The van der Waals surface area contributed by atoms with Gasteiger partial charge >= 0.3 is 18.3 Å². The second kappa shape index (κ2) is 11.5. The summed E-state index contributed by atoms with van der Waals surface area (Å²) in [7, 11) is 1.26. The van der Waals surface area contributed by atoms with E-state index in [0.717, 1.165) is 54.3 Å². The molecule has 36 heavy (non-hydrogen) atoms. The fourth-order valence-electron chi connectivity index (χ4n) is 3.56. The van der Waals surface area contributed by atoms with Gasteiger partial charge in [-0.2, -0.15) is 26.3 Å². The van der Waals surface area contributed by atoms with Crippen molar-refractivity contribution in [1.82, 2.24) is 0 Å². The lowest BCUT2D eigenvalue weighted by Crippen LogP contribution is -2.22. The topological polar surface area (TPSA) is 68.8 Å². The fraction of sp³-hybridized carbons (Fsp3) is 0.455. The first-order valence-electron chi connectivity index (χ1n) is 10.7. The quantitative estimate of drug-likeness (QED) is 0.175. The van der Waals surface area contributed by atoms with E-state index in [1.54, 1.807) is 0 Å². The van der Waals surface area contributed by atoms with Gasteiger partial charge in [-0.25, -0.2) is 4.79 Å². The van der Waals surface area contributed by atoms with Crippen molar-refractivity contribution < 1.29 is 45.3 Å². The van der Waals surface area contributed by atoms with E-state index in [1.165, 1.54) is 18.4 Å². The van der Waals surface area contributed by atoms with E-state index in [4.69, 9.17) is 17.0 Å². The number of nitrogens with one attached hydrogen (secondary N) is 2. The Bertz CT molecular complexity index is 1070. The van der Waals surface area contributed by atoms with Crippen molar-refractivity contribution in [1.29, 1.82) is 0 Å². The van der Waals surface area contributed by atoms with Crippen LogP contribution in [0.3, 0.4) is 0 Å². The summed E-state index contributed by atoms with van der Waals surface area (Å²) >= 11 is 6.64. The number of thiocarbonyl (C=S) groups is 1. The number of halogens is 6. The minimum atomic E-state index is -4.66. The molecule has 6 nitrogen and oxygen atoms in total. The first-order valence-corrected chi connectivity index (χ1v) is 11.9. The molecule has 1 aliphatic rings. The van der Waals surface area contributed by atoms with Crippen molar-refractivity contribution in [2.75, 3.05) is 31.0 Å². The Labute approximate surface area is 211 Å². The highest BCUT2D eigenvalue weighted by atomic mass is 32.1. The van der Waals surface area contributed by atoms with Crippen molar-refractivity contribution in [2.45, 2.75) is 44.5 Å². The maximum Gasteiger partial charge on any atom is 0.422 e. The summed E-state index contributed by atoms with van der Waals surface area (Å²) in [6, 6.07) is 3.17. The molecule has 1 aliphatic carbocycles. The summed E-state index contributed by atoms with van der Waals surface area (Å²) in [5, 5.41) is 5.98. The molecular weight excluding hydrogens is 534 g/mol.